The molecule has 3 fully saturated rings. The third-order valence-electron chi connectivity index (χ3n) is 6.19. The zero-order chi connectivity index (χ0) is 16.9. The summed E-state index contributed by atoms with van der Waals surface area (Å²) >= 11 is 0. The number of rotatable bonds is 2. The molecule has 4 rings (SSSR count). The number of hydrogen-bond donors (Lipinski definition) is 0. The van der Waals surface area contributed by atoms with E-state index in [0.717, 1.165) is 62.5 Å². The number of likely N-dealkylation sites (tertiary alicyclic amines) is 1. The SMILES string of the molecule is Cc1nn(C)c(C)c1[C@H]1OCC[C@@H]1C(=O)N1CC[C@@]2(CCOC2)C1. The number of carbonyl (C=O) groups is 1. The summed E-state index contributed by atoms with van der Waals surface area (Å²) in [5.41, 5.74) is 3.39. The highest BCUT2D eigenvalue weighted by atomic mass is 16.5. The standard InChI is InChI=1S/C18H27N3O3/c1-12-15(13(2)20(3)19-12)16-14(4-8-24-16)17(22)21-7-5-18(10-21)6-9-23-11-18/h14,16H,4-11H2,1-3H3/t14-,16-,18+/m0/s1. The summed E-state index contributed by atoms with van der Waals surface area (Å²) in [6, 6.07) is 0. The second-order valence-corrected chi connectivity index (χ2v) is 7.71. The fourth-order valence-electron chi connectivity index (χ4n) is 4.66. The van der Waals surface area contributed by atoms with Gasteiger partial charge in [-0.05, 0) is 33.1 Å². The molecule has 6 nitrogen and oxygen atoms in total. The minimum Gasteiger partial charge on any atom is -0.381 e. The predicted molar refractivity (Wildman–Crippen MR) is 88.5 cm³/mol. The van der Waals surface area contributed by atoms with E-state index >= 15 is 0 Å². The zero-order valence-electron chi connectivity index (χ0n) is 14.9. The van der Waals surface area contributed by atoms with Crippen LogP contribution in [0.3, 0.4) is 0 Å². The molecule has 3 aliphatic rings. The van der Waals surface area contributed by atoms with Crippen molar-refractivity contribution in [3.8, 4) is 0 Å². The number of amides is 1. The van der Waals surface area contributed by atoms with E-state index in [0.29, 0.717) is 6.61 Å². The number of hydrogen-bond acceptors (Lipinski definition) is 4. The first-order chi connectivity index (χ1) is 11.5. The maximum Gasteiger partial charge on any atom is 0.228 e. The summed E-state index contributed by atoms with van der Waals surface area (Å²) in [6.45, 7) is 8.06. The van der Waals surface area contributed by atoms with Gasteiger partial charge in [0, 0.05) is 50.0 Å². The van der Waals surface area contributed by atoms with Crippen molar-refractivity contribution in [1.82, 2.24) is 14.7 Å². The van der Waals surface area contributed by atoms with E-state index in [1.54, 1.807) is 0 Å². The lowest BCUT2D eigenvalue weighted by Crippen LogP contribution is -2.37. The molecule has 1 aromatic heterocycles. The highest BCUT2D eigenvalue weighted by molar-refractivity contribution is 5.80. The Morgan fingerprint density at radius 2 is 2.12 bits per heavy atom. The molecule has 0 bridgehead atoms. The molecule has 1 amide bonds. The minimum absolute atomic E-state index is 0.0796. The van der Waals surface area contributed by atoms with Gasteiger partial charge in [-0.1, -0.05) is 0 Å². The molecule has 1 aromatic rings. The van der Waals surface area contributed by atoms with Crippen LogP contribution in [0.1, 0.15) is 42.3 Å². The number of aromatic nitrogens is 2. The van der Waals surface area contributed by atoms with Crippen molar-refractivity contribution >= 4 is 5.91 Å². The van der Waals surface area contributed by atoms with E-state index in [2.05, 4.69) is 16.9 Å². The van der Waals surface area contributed by atoms with Crippen molar-refractivity contribution in [1.29, 1.82) is 0 Å². The van der Waals surface area contributed by atoms with Gasteiger partial charge < -0.3 is 14.4 Å². The van der Waals surface area contributed by atoms with Crippen LogP contribution in [0.15, 0.2) is 0 Å². The van der Waals surface area contributed by atoms with E-state index in [9.17, 15) is 4.79 Å². The third kappa shape index (κ3) is 2.47. The molecule has 24 heavy (non-hydrogen) atoms. The van der Waals surface area contributed by atoms with Crippen molar-refractivity contribution in [2.45, 2.75) is 39.2 Å². The van der Waals surface area contributed by atoms with Crippen LogP contribution in [0.4, 0.5) is 0 Å². The first kappa shape index (κ1) is 16.1. The minimum atomic E-state index is -0.150. The fraction of sp³-hybridized carbons (Fsp3) is 0.778. The second kappa shape index (κ2) is 5.85. The third-order valence-corrected chi connectivity index (χ3v) is 6.19. The van der Waals surface area contributed by atoms with Crippen LogP contribution in [0.25, 0.3) is 0 Å². The molecule has 0 aliphatic carbocycles. The highest BCUT2D eigenvalue weighted by Crippen LogP contribution is 2.42. The quantitative estimate of drug-likeness (QED) is 0.827. The predicted octanol–water partition coefficient (Wildman–Crippen LogP) is 1.75. The molecule has 132 valence electrons. The summed E-state index contributed by atoms with van der Waals surface area (Å²) < 4.78 is 13.5. The lowest BCUT2D eigenvalue weighted by atomic mass is 9.86. The van der Waals surface area contributed by atoms with E-state index in [-0.39, 0.29) is 23.3 Å². The van der Waals surface area contributed by atoms with E-state index in [1.807, 2.05) is 18.7 Å². The molecule has 0 unspecified atom stereocenters. The van der Waals surface area contributed by atoms with Gasteiger partial charge in [0.2, 0.25) is 5.91 Å². The maximum atomic E-state index is 13.2. The van der Waals surface area contributed by atoms with Crippen molar-refractivity contribution in [2.75, 3.05) is 32.9 Å². The number of carbonyl (C=O) groups excluding carboxylic acids is 1. The smallest absolute Gasteiger partial charge is 0.228 e. The molecule has 4 heterocycles. The molecule has 0 N–H and O–H groups in total. The van der Waals surface area contributed by atoms with Crippen molar-refractivity contribution in [2.24, 2.45) is 18.4 Å². The van der Waals surface area contributed by atoms with Gasteiger partial charge in [0.25, 0.3) is 0 Å². The van der Waals surface area contributed by atoms with Gasteiger partial charge in [0.1, 0.15) is 0 Å². The van der Waals surface area contributed by atoms with Crippen molar-refractivity contribution in [3.05, 3.63) is 17.0 Å². The van der Waals surface area contributed by atoms with Crippen LogP contribution in [0.5, 0.6) is 0 Å². The Labute approximate surface area is 143 Å². The Balaban J connectivity index is 1.54. The molecule has 3 atom stereocenters. The molecule has 0 aromatic carbocycles. The summed E-state index contributed by atoms with van der Waals surface area (Å²) in [4.78, 5) is 15.2. The molecular formula is C18H27N3O3. The van der Waals surface area contributed by atoms with Crippen LogP contribution in [0, 0.1) is 25.2 Å². The summed E-state index contributed by atoms with van der Waals surface area (Å²) in [6.07, 6.45) is 2.81. The molecule has 3 aliphatic heterocycles. The Morgan fingerprint density at radius 1 is 1.29 bits per heavy atom. The topological polar surface area (TPSA) is 56.6 Å². The van der Waals surface area contributed by atoms with E-state index in [1.165, 1.54) is 0 Å². The number of nitrogens with zero attached hydrogens (tertiary/aromatic N) is 3. The van der Waals surface area contributed by atoms with Gasteiger partial charge >= 0.3 is 0 Å². The Bertz CT molecular complexity index is 648. The van der Waals surface area contributed by atoms with Crippen LogP contribution in [0.2, 0.25) is 0 Å². The highest BCUT2D eigenvalue weighted by Gasteiger charge is 2.46. The van der Waals surface area contributed by atoms with Gasteiger partial charge in [-0.2, -0.15) is 5.10 Å². The fourth-order valence-corrected chi connectivity index (χ4v) is 4.66. The Kier molecular flexibility index (Phi) is 3.92. The largest absolute Gasteiger partial charge is 0.381 e. The molecule has 1 spiro atoms. The molecule has 0 radical (unpaired) electrons. The lowest BCUT2D eigenvalue weighted by molar-refractivity contribution is -0.136. The van der Waals surface area contributed by atoms with Gasteiger partial charge in [-0.25, -0.2) is 0 Å². The van der Waals surface area contributed by atoms with Crippen molar-refractivity contribution < 1.29 is 14.3 Å². The molecule has 6 heteroatoms. The van der Waals surface area contributed by atoms with Gasteiger partial charge in [-0.15, -0.1) is 0 Å². The zero-order valence-corrected chi connectivity index (χ0v) is 14.9. The monoisotopic (exact) mass is 333 g/mol. The second-order valence-electron chi connectivity index (χ2n) is 7.71. The van der Waals surface area contributed by atoms with E-state index in [4.69, 9.17) is 9.47 Å². The van der Waals surface area contributed by atoms with Crippen LogP contribution < -0.4 is 0 Å². The summed E-state index contributed by atoms with van der Waals surface area (Å²) in [7, 11) is 1.95. The summed E-state index contributed by atoms with van der Waals surface area (Å²) in [5.74, 6) is 0.174. The average molecular weight is 333 g/mol. The van der Waals surface area contributed by atoms with Gasteiger partial charge in [0.15, 0.2) is 0 Å². The first-order valence-corrected chi connectivity index (χ1v) is 8.99. The van der Waals surface area contributed by atoms with E-state index < -0.39 is 0 Å². The normalized spacial score (nSPS) is 33.0. The average Bonchev–Trinajstić information content (AvgIpc) is 3.32. The maximum absolute atomic E-state index is 13.2. The van der Waals surface area contributed by atoms with Crippen LogP contribution >= 0.6 is 0 Å². The van der Waals surface area contributed by atoms with Gasteiger partial charge in [-0.3, -0.25) is 9.48 Å². The number of ether oxygens (including phenoxy) is 2. The molecular weight excluding hydrogens is 306 g/mol. The molecule has 0 saturated carbocycles. The summed E-state index contributed by atoms with van der Waals surface area (Å²) in [5, 5.41) is 4.50. The Hall–Kier alpha value is -1.40. The first-order valence-electron chi connectivity index (χ1n) is 8.99. The van der Waals surface area contributed by atoms with Crippen LogP contribution in [-0.2, 0) is 21.3 Å². The van der Waals surface area contributed by atoms with Gasteiger partial charge in [0.05, 0.1) is 24.3 Å². The lowest BCUT2D eigenvalue weighted by Gasteiger charge is -2.26. The van der Waals surface area contributed by atoms with Crippen molar-refractivity contribution in [3.63, 3.8) is 0 Å². The Morgan fingerprint density at radius 3 is 2.79 bits per heavy atom. The van der Waals surface area contributed by atoms with Crippen LogP contribution in [-0.4, -0.2) is 53.5 Å². The number of aryl methyl sites for hydroxylation is 2. The molecule has 3 saturated heterocycles.